The molecule has 2 unspecified atom stereocenters. The molecule has 1 rings (SSSR count). The Morgan fingerprint density at radius 1 is 1.64 bits per heavy atom. The fourth-order valence-corrected chi connectivity index (χ4v) is 1.09. The van der Waals surface area contributed by atoms with E-state index < -0.39 is 0 Å². The Bertz CT molecular complexity index is 119. The van der Waals surface area contributed by atoms with Crippen LogP contribution in [0.2, 0.25) is 0 Å². The predicted molar refractivity (Wildman–Crippen MR) is 40.2 cm³/mol. The Hall–Kier alpha value is -0.410. The van der Waals surface area contributed by atoms with Gasteiger partial charge in [-0.05, 0) is 26.2 Å². The van der Waals surface area contributed by atoms with E-state index in [4.69, 9.17) is 9.47 Å². The van der Waals surface area contributed by atoms with Crippen molar-refractivity contribution in [2.24, 2.45) is 0 Å². The minimum absolute atomic E-state index is 0.149. The zero-order chi connectivity index (χ0) is 8.10. The zero-order valence-corrected chi connectivity index (χ0v) is 6.79. The molecule has 0 radical (unpaired) electrons. The second-order valence-electron chi connectivity index (χ2n) is 2.77. The molecular weight excluding hydrogens is 144 g/mol. The number of ether oxygens (including phenoxy) is 2. The van der Waals surface area contributed by atoms with Crippen molar-refractivity contribution in [3.05, 3.63) is 0 Å². The van der Waals surface area contributed by atoms with Gasteiger partial charge in [-0.25, -0.2) is 0 Å². The second kappa shape index (κ2) is 4.46. The third kappa shape index (κ3) is 2.99. The number of carbonyl (C=O) groups excluding carboxylic acids is 1. The van der Waals surface area contributed by atoms with Gasteiger partial charge in [0.25, 0.3) is 0 Å². The lowest BCUT2D eigenvalue weighted by Gasteiger charge is -2.23. The molecule has 1 heterocycles. The van der Waals surface area contributed by atoms with Crippen LogP contribution in [0.4, 0.5) is 0 Å². The third-order valence-corrected chi connectivity index (χ3v) is 1.70. The van der Waals surface area contributed by atoms with Gasteiger partial charge < -0.3 is 14.3 Å². The molecule has 11 heavy (non-hydrogen) atoms. The van der Waals surface area contributed by atoms with Gasteiger partial charge in [-0.15, -0.1) is 0 Å². The van der Waals surface area contributed by atoms with Gasteiger partial charge in [-0.3, -0.25) is 0 Å². The highest BCUT2D eigenvalue weighted by Crippen LogP contribution is 2.14. The molecule has 0 spiro atoms. The summed E-state index contributed by atoms with van der Waals surface area (Å²) in [5.74, 6) is 0. The van der Waals surface area contributed by atoms with Crippen molar-refractivity contribution in [1.82, 2.24) is 0 Å². The minimum Gasteiger partial charge on any atom is -0.353 e. The number of aldehydes is 1. The van der Waals surface area contributed by atoms with E-state index in [1.165, 1.54) is 0 Å². The van der Waals surface area contributed by atoms with Crippen LogP contribution in [0.25, 0.3) is 0 Å². The maximum absolute atomic E-state index is 10.2. The largest absolute Gasteiger partial charge is 0.353 e. The molecule has 0 aromatic rings. The number of rotatable bonds is 3. The summed E-state index contributed by atoms with van der Waals surface area (Å²) in [6.45, 7) is 2.49. The summed E-state index contributed by atoms with van der Waals surface area (Å²) < 4.78 is 10.5. The van der Waals surface area contributed by atoms with Crippen molar-refractivity contribution in [1.29, 1.82) is 0 Å². The van der Waals surface area contributed by atoms with Crippen LogP contribution in [-0.2, 0) is 14.3 Å². The first kappa shape index (κ1) is 8.68. The Kier molecular flexibility index (Phi) is 3.52. The zero-order valence-electron chi connectivity index (χ0n) is 6.79. The van der Waals surface area contributed by atoms with Crippen molar-refractivity contribution < 1.29 is 14.3 Å². The van der Waals surface area contributed by atoms with Crippen LogP contribution >= 0.6 is 0 Å². The first-order chi connectivity index (χ1) is 5.33. The first-order valence-corrected chi connectivity index (χ1v) is 4.05. The Balaban J connectivity index is 2.18. The molecular formula is C8H14O3. The van der Waals surface area contributed by atoms with E-state index >= 15 is 0 Å². The van der Waals surface area contributed by atoms with Crippen LogP contribution in [0.15, 0.2) is 0 Å². The van der Waals surface area contributed by atoms with Gasteiger partial charge in [-0.1, -0.05) is 0 Å². The van der Waals surface area contributed by atoms with E-state index in [1.807, 2.05) is 0 Å². The summed E-state index contributed by atoms with van der Waals surface area (Å²) in [4.78, 5) is 10.2. The molecule has 1 fully saturated rings. The van der Waals surface area contributed by atoms with Gasteiger partial charge in [0.2, 0.25) is 0 Å². The molecule has 1 aliphatic heterocycles. The van der Waals surface area contributed by atoms with Crippen LogP contribution in [0.5, 0.6) is 0 Å². The molecule has 0 aromatic heterocycles. The summed E-state index contributed by atoms with van der Waals surface area (Å²) in [5.41, 5.74) is 0. The Labute approximate surface area is 66.7 Å². The number of carbonyl (C=O) groups is 1. The molecule has 0 aromatic carbocycles. The topological polar surface area (TPSA) is 35.5 Å². The normalized spacial score (nSPS) is 27.9. The van der Waals surface area contributed by atoms with Crippen LogP contribution in [0.3, 0.4) is 0 Å². The molecule has 1 aliphatic rings. The molecule has 3 heteroatoms. The average Bonchev–Trinajstić information content (AvgIpc) is 2.06. The highest BCUT2D eigenvalue weighted by Gasteiger charge is 2.16. The quantitative estimate of drug-likeness (QED) is 0.577. The molecule has 3 nitrogen and oxygen atoms in total. The average molecular weight is 158 g/mol. The molecule has 0 saturated carbocycles. The number of hydrogen-bond donors (Lipinski definition) is 0. The standard InChI is InChI=1S/C8H14O3/c1-7(6-9)11-8-4-2-3-5-10-8/h6-8H,2-5H2,1H3. The molecule has 0 amide bonds. The summed E-state index contributed by atoms with van der Waals surface area (Å²) >= 11 is 0. The Morgan fingerprint density at radius 2 is 2.45 bits per heavy atom. The van der Waals surface area contributed by atoms with E-state index in [2.05, 4.69) is 0 Å². The molecule has 0 aliphatic carbocycles. The van der Waals surface area contributed by atoms with Gasteiger partial charge in [0, 0.05) is 6.61 Å². The molecule has 0 bridgehead atoms. The molecule has 0 N–H and O–H groups in total. The van der Waals surface area contributed by atoms with Crippen LogP contribution < -0.4 is 0 Å². The highest BCUT2D eigenvalue weighted by molar-refractivity contribution is 5.55. The van der Waals surface area contributed by atoms with E-state index in [0.717, 1.165) is 32.2 Å². The maximum atomic E-state index is 10.2. The maximum Gasteiger partial charge on any atom is 0.158 e. The van der Waals surface area contributed by atoms with E-state index in [1.54, 1.807) is 6.92 Å². The summed E-state index contributed by atoms with van der Waals surface area (Å²) in [6.07, 6.45) is 3.46. The minimum atomic E-state index is -0.335. The van der Waals surface area contributed by atoms with Crippen molar-refractivity contribution in [2.75, 3.05) is 6.61 Å². The summed E-state index contributed by atoms with van der Waals surface area (Å²) in [6, 6.07) is 0. The Morgan fingerprint density at radius 3 is 3.00 bits per heavy atom. The smallest absolute Gasteiger partial charge is 0.158 e. The van der Waals surface area contributed by atoms with Crippen molar-refractivity contribution in [3.8, 4) is 0 Å². The summed E-state index contributed by atoms with van der Waals surface area (Å²) in [7, 11) is 0. The molecule has 2 atom stereocenters. The highest BCUT2D eigenvalue weighted by atomic mass is 16.7. The molecule has 1 saturated heterocycles. The van der Waals surface area contributed by atoms with Gasteiger partial charge in [0.15, 0.2) is 6.29 Å². The van der Waals surface area contributed by atoms with Crippen LogP contribution in [0.1, 0.15) is 26.2 Å². The fourth-order valence-electron chi connectivity index (χ4n) is 1.09. The van der Waals surface area contributed by atoms with Crippen molar-refractivity contribution in [3.63, 3.8) is 0 Å². The van der Waals surface area contributed by atoms with E-state index in [-0.39, 0.29) is 12.4 Å². The van der Waals surface area contributed by atoms with Gasteiger partial charge in [-0.2, -0.15) is 0 Å². The van der Waals surface area contributed by atoms with Crippen molar-refractivity contribution in [2.45, 2.75) is 38.6 Å². The fraction of sp³-hybridized carbons (Fsp3) is 0.875. The number of hydrogen-bond acceptors (Lipinski definition) is 3. The second-order valence-corrected chi connectivity index (χ2v) is 2.77. The SMILES string of the molecule is CC(C=O)OC1CCCCO1. The van der Waals surface area contributed by atoms with Crippen molar-refractivity contribution >= 4 is 6.29 Å². The molecule has 64 valence electrons. The summed E-state index contributed by atoms with van der Waals surface area (Å²) in [5, 5.41) is 0. The van der Waals surface area contributed by atoms with E-state index in [9.17, 15) is 4.79 Å². The third-order valence-electron chi connectivity index (χ3n) is 1.70. The monoisotopic (exact) mass is 158 g/mol. The van der Waals surface area contributed by atoms with Gasteiger partial charge in [0.05, 0.1) is 0 Å². The predicted octanol–water partition coefficient (Wildman–Crippen LogP) is 1.12. The van der Waals surface area contributed by atoms with Crippen LogP contribution in [-0.4, -0.2) is 25.3 Å². The van der Waals surface area contributed by atoms with Gasteiger partial charge in [0.1, 0.15) is 12.4 Å². The lowest BCUT2D eigenvalue weighted by molar-refractivity contribution is -0.183. The van der Waals surface area contributed by atoms with Gasteiger partial charge >= 0.3 is 0 Å². The van der Waals surface area contributed by atoms with Crippen LogP contribution in [0, 0.1) is 0 Å². The first-order valence-electron chi connectivity index (χ1n) is 4.05. The van der Waals surface area contributed by atoms with E-state index in [0.29, 0.717) is 0 Å². The lowest BCUT2D eigenvalue weighted by Crippen LogP contribution is -2.26. The lowest BCUT2D eigenvalue weighted by atomic mass is 10.2.